The van der Waals surface area contributed by atoms with E-state index < -0.39 is 5.97 Å². The topological polar surface area (TPSA) is 40.5 Å². The summed E-state index contributed by atoms with van der Waals surface area (Å²) in [4.78, 5) is 13.0. The Morgan fingerprint density at radius 3 is 3.00 bits per heavy atom. The number of carboxylic acid groups (broad SMARTS) is 1. The lowest BCUT2D eigenvalue weighted by Crippen LogP contribution is -2.33. The van der Waals surface area contributed by atoms with Crippen molar-refractivity contribution in [3.63, 3.8) is 0 Å². The summed E-state index contributed by atoms with van der Waals surface area (Å²) in [5, 5.41) is 8.83. The molecule has 0 spiro atoms. The van der Waals surface area contributed by atoms with Crippen LogP contribution in [-0.4, -0.2) is 35.6 Å². The highest BCUT2D eigenvalue weighted by Crippen LogP contribution is 2.10. The molecule has 1 aliphatic rings. The maximum atomic E-state index is 10.7. The van der Waals surface area contributed by atoms with Gasteiger partial charge in [0, 0.05) is 18.7 Å². The third kappa shape index (κ3) is 3.50. The maximum Gasteiger partial charge on any atom is 0.332 e. The number of carboxylic acids is 1. The van der Waals surface area contributed by atoms with Crippen LogP contribution in [0.15, 0.2) is 11.6 Å². The van der Waals surface area contributed by atoms with Crippen molar-refractivity contribution in [2.75, 3.05) is 19.6 Å². The fourth-order valence-corrected chi connectivity index (χ4v) is 1.74. The van der Waals surface area contributed by atoms with Crippen molar-refractivity contribution in [3.05, 3.63) is 11.6 Å². The molecule has 0 unspecified atom stereocenters. The van der Waals surface area contributed by atoms with E-state index in [9.17, 15) is 4.79 Å². The Morgan fingerprint density at radius 1 is 1.57 bits per heavy atom. The Morgan fingerprint density at radius 2 is 2.36 bits per heavy atom. The average molecular weight is 197 g/mol. The predicted molar refractivity (Wildman–Crippen MR) is 56.3 cm³/mol. The van der Waals surface area contributed by atoms with Gasteiger partial charge in [-0.1, -0.05) is 25.8 Å². The molecule has 3 nitrogen and oxygen atoms in total. The van der Waals surface area contributed by atoms with Crippen LogP contribution in [0.4, 0.5) is 0 Å². The normalized spacial score (nSPS) is 17.9. The molecular formula is C11H19NO2. The van der Waals surface area contributed by atoms with E-state index in [1.807, 2.05) is 6.08 Å². The molecule has 0 saturated carbocycles. The van der Waals surface area contributed by atoms with Crippen molar-refractivity contribution < 1.29 is 9.90 Å². The zero-order chi connectivity index (χ0) is 10.4. The van der Waals surface area contributed by atoms with Gasteiger partial charge in [-0.15, -0.1) is 0 Å². The Hall–Kier alpha value is -0.830. The molecule has 1 aliphatic heterocycles. The summed E-state index contributed by atoms with van der Waals surface area (Å²) in [7, 11) is 0. The van der Waals surface area contributed by atoms with E-state index in [1.54, 1.807) is 0 Å². The van der Waals surface area contributed by atoms with Crippen molar-refractivity contribution in [1.29, 1.82) is 0 Å². The van der Waals surface area contributed by atoms with Gasteiger partial charge in [-0.2, -0.15) is 0 Å². The molecule has 0 aromatic heterocycles. The standard InChI is InChI=1S/C11H19NO2/c1-2-3-4-7-12-8-5-6-10(9-12)11(13)14/h6H,2-5,7-9H2,1H3,(H,13,14). The zero-order valence-electron chi connectivity index (χ0n) is 8.83. The van der Waals surface area contributed by atoms with Crippen molar-refractivity contribution >= 4 is 5.97 Å². The fraction of sp³-hybridized carbons (Fsp3) is 0.727. The van der Waals surface area contributed by atoms with Crippen LogP contribution in [0.1, 0.15) is 32.6 Å². The molecule has 0 amide bonds. The van der Waals surface area contributed by atoms with Gasteiger partial charge in [0.15, 0.2) is 0 Å². The molecule has 0 atom stereocenters. The van der Waals surface area contributed by atoms with Crippen molar-refractivity contribution in [2.24, 2.45) is 0 Å². The van der Waals surface area contributed by atoms with E-state index in [2.05, 4.69) is 11.8 Å². The predicted octanol–water partition coefficient (Wildman–Crippen LogP) is 1.89. The first kappa shape index (κ1) is 11.2. The van der Waals surface area contributed by atoms with Crippen molar-refractivity contribution in [1.82, 2.24) is 4.90 Å². The first-order chi connectivity index (χ1) is 6.74. The first-order valence-electron chi connectivity index (χ1n) is 5.38. The molecule has 0 radical (unpaired) electrons. The van der Waals surface area contributed by atoms with E-state index in [0.717, 1.165) is 19.5 Å². The Balaban J connectivity index is 2.30. The second-order valence-corrected chi connectivity index (χ2v) is 3.81. The summed E-state index contributed by atoms with van der Waals surface area (Å²) in [6.07, 6.45) is 6.37. The molecular weight excluding hydrogens is 178 g/mol. The summed E-state index contributed by atoms with van der Waals surface area (Å²) in [6, 6.07) is 0. The molecule has 0 saturated heterocycles. The van der Waals surface area contributed by atoms with Gasteiger partial charge in [-0.25, -0.2) is 4.79 Å². The monoisotopic (exact) mass is 197 g/mol. The minimum Gasteiger partial charge on any atom is -0.478 e. The molecule has 0 bridgehead atoms. The number of hydrogen-bond acceptors (Lipinski definition) is 2. The second kappa shape index (κ2) is 5.81. The van der Waals surface area contributed by atoms with E-state index in [4.69, 9.17) is 5.11 Å². The molecule has 80 valence electrons. The van der Waals surface area contributed by atoms with Crippen LogP contribution in [0.25, 0.3) is 0 Å². The van der Waals surface area contributed by atoms with Crippen LogP contribution < -0.4 is 0 Å². The molecule has 1 N–H and O–H groups in total. The van der Waals surface area contributed by atoms with E-state index in [-0.39, 0.29) is 0 Å². The third-order valence-electron chi connectivity index (χ3n) is 2.58. The summed E-state index contributed by atoms with van der Waals surface area (Å²) in [5.74, 6) is -0.759. The number of unbranched alkanes of at least 4 members (excludes halogenated alkanes) is 2. The highest BCUT2D eigenvalue weighted by molar-refractivity contribution is 5.87. The second-order valence-electron chi connectivity index (χ2n) is 3.81. The quantitative estimate of drug-likeness (QED) is 0.684. The summed E-state index contributed by atoms with van der Waals surface area (Å²) in [6.45, 7) is 4.86. The van der Waals surface area contributed by atoms with E-state index in [1.165, 1.54) is 19.3 Å². The fourth-order valence-electron chi connectivity index (χ4n) is 1.74. The van der Waals surface area contributed by atoms with Gasteiger partial charge in [0.25, 0.3) is 0 Å². The number of hydrogen-bond donors (Lipinski definition) is 1. The molecule has 14 heavy (non-hydrogen) atoms. The Kier molecular flexibility index (Phi) is 4.66. The average Bonchev–Trinajstić information content (AvgIpc) is 2.19. The Labute approximate surface area is 85.4 Å². The molecule has 1 heterocycles. The number of carbonyl (C=O) groups is 1. The van der Waals surface area contributed by atoms with Gasteiger partial charge in [0.2, 0.25) is 0 Å². The minimum absolute atomic E-state index is 0.563. The zero-order valence-corrected chi connectivity index (χ0v) is 8.83. The van der Waals surface area contributed by atoms with Gasteiger partial charge in [-0.3, -0.25) is 4.90 Å². The van der Waals surface area contributed by atoms with Crippen LogP contribution in [0.2, 0.25) is 0 Å². The van der Waals surface area contributed by atoms with Gasteiger partial charge >= 0.3 is 5.97 Å². The van der Waals surface area contributed by atoms with Gasteiger partial charge in [0.05, 0.1) is 0 Å². The van der Waals surface area contributed by atoms with Crippen LogP contribution in [0.5, 0.6) is 0 Å². The van der Waals surface area contributed by atoms with Crippen molar-refractivity contribution in [2.45, 2.75) is 32.6 Å². The third-order valence-corrected chi connectivity index (χ3v) is 2.58. The highest BCUT2D eigenvalue weighted by Gasteiger charge is 2.16. The lowest BCUT2D eigenvalue weighted by molar-refractivity contribution is -0.133. The summed E-state index contributed by atoms with van der Waals surface area (Å²) in [5.41, 5.74) is 0.563. The SMILES string of the molecule is CCCCCN1CCC=C(C(=O)O)C1. The van der Waals surface area contributed by atoms with E-state index in [0.29, 0.717) is 12.1 Å². The largest absolute Gasteiger partial charge is 0.478 e. The molecule has 0 fully saturated rings. The first-order valence-corrected chi connectivity index (χ1v) is 5.38. The maximum absolute atomic E-state index is 10.7. The summed E-state index contributed by atoms with van der Waals surface area (Å²) >= 11 is 0. The number of nitrogens with zero attached hydrogens (tertiary/aromatic N) is 1. The molecule has 3 heteroatoms. The number of aliphatic carboxylic acids is 1. The van der Waals surface area contributed by atoms with Crippen molar-refractivity contribution in [3.8, 4) is 0 Å². The van der Waals surface area contributed by atoms with Gasteiger partial charge in [-0.05, 0) is 19.4 Å². The van der Waals surface area contributed by atoms with Crippen LogP contribution in [0, 0.1) is 0 Å². The minimum atomic E-state index is -0.759. The van der Waals surface area contributed by atoms with Gasteiger partial charge < -0.3 is 5.11 Å². The number of rotatable bonds is 5. The molecule has 0 aromatic carbocycles. The van der Waals surface area contributed by atoms with Crippen LogP contribution in [0.3, 0.4) is 0 Å². The Bertz CT molecular complexity index is 223. The van der Waals surface area contributed by atoms with Crippen LogP contribution in [-0.2, 0) is 4.79 Å². The van der Waals surface area contributed by atoms with Crippen LogP contribution >= 0.6 is 0 Å². The smallest absolute Gasteiger partial charge is 0.332 e. The lowest BCUT2D eigenvalue weighted by atomic mass is 10.1. The highest BCUT2D eigenvalue weighted by atomic mass is 16.4. The molecule has 1 rings (SSSR count). The summed E-state index contributed by atoms with van der Waals surface area (Å²) < 4.78 is 0. The van der Waals surface area contributed by atoms with E-state index >= 15 is 0 Å². The lowest BCUT2D eigenvalue weighted by Gasteiger charge is -2.25. The molecule has 0 aromatic rings. The molecule has 0 aliphatic carbocycles. The van der Waals surface area contributed by atoms with Gasteiger partial charge in [0.1, 0.15) is 0 Å².